The van der Waals surface area contributed by atoms with Gasteiger partial charge < -0.3 is 10.1 Å². The Labute approximate surface area is 121 Å². The molecule has 1 aromatic heterocycles. The average Bonchev–Trinajstić information content (AvgIpc) is 2.32. The molecule has 1 rings (SSSR count). The molecule has 19 heavy (non-hydrogen) atoms. The maximum absolute atomic E-state index is 6.15. The lowest BCUT2D eigenvalue weighted by atomic mass is 10.1. The fraction of sp³-hybridized carbons (Fsp3) is 0.667. The summed E-state index contributed by atoms with van der Waals surface area (Å²) in [6.07, 6.45) is 0.144. The zero-order valence-electron chi connectivity index (χ0n) is 12.5. The standard InChI is InChI=1S/C15H25ClN2O/c1-10(2)8-17-9-14-13(16)6-7-15(18-14)19-12(5)11(3)4/h6-7,10-12,17H,8-9H2,1-5H3. The molecule has 0 fully saturated rings. The number of halogens is 1. The first kappa shape index (κ1) is 16.3. The zero-order chi connectivity index (χ0) is 14.4. The van der Waals surface area contributed by atoms with E-state index >= 15 is 0 Å². The van der Waals surface area contributed by atoms with Crippen molar-refractivity contribution in [3.8, 4) is 5.88 Å². The number of aromatic nitrogens is 1. The Morgan fingerprint density at radius 2 is 1.89 bits per heavy atom. The van der Waals surface area contributed by atoms with E-state index in [4.69, 9.17) is 16.3 Å². The second-order valence-corrected chi connectivity index (χ2v) is 6.08. The summed E-state index contributed by atoms with van der Waals surface area (Å²) in [6, 6.07) is 3.68. The van der Waals surface area contributed by atoms with Gasteiger partial charge in [-0.25, -0.2) is 4.98 Å². The van der Waals surface area contributed by atoms with Gasteiger partial charge in [0.15, 0.2) is 0 Å². The van der Waals surface area contributed by atoms with E-state index in [1.807, 2.05) is 12.1 Å². The van der Waals surface area contributed by atoms with Crippen molar-refractivity contribution in [2.24, 2.45) is 11.8 Å². The average molecular weight is 285 g/mol. The Bertz CT molecular complexity index is 394. The first-order valence-corrected chi connectivity index (χ1v) is 7.30. The molecule has 0 spiro atoms. The van der Waals surface area contributed by atoms with E-state index < -0.39 is 0 Å². The lowest BCUT2D eigenvalue weighted by molar-refractivity contribution is 0.163. The van der Waals surface area contributed by atoms with Crippen LogP contribution in [0.2, 0.25) is 5.02 Å². The monoisotopic (exact) mass is 284 g/mol. The zero-order valence-corrected chi connectivity index (χ0v) is 13.3. The topological polar surface area (TPSA) is 34.2 Å². The van der Waals surface area contributed by atoms with Gasteiger partial charge in [-0.2, -0.15) is 0 Å². The molecule has 0 saturated carbocycles. The Balaban J connectivity index is 2.65. The van der Waals surface area contributed by atoms with Gasteiger partial charge in [-0.1, -0.05) is 39.3 Å². The summed E-state index contributed by atoms with van der Waals surface area (Å²) in [5.74, 6) is 1.71. The molecule has 0 aromatic carbocycles. The van der Waals surface area contributed by atoms with Crippen LogP contribution >= 0.6 is 11.6 Å². The van der Waals surface area contributed by atoms with Crippen LogP contribution in [0.4, 0.5) is 0 Å². The normalized spacial score (nSPS) is 13.1. The van der Waals surface area contributed by atoms with E-state index in [0.29, 0.717) is 29.3 Å². The van der Waals surface area contributed by atoms with Crippen LogP contribution < -0.4 is 10.1 Å². The molecule has 0 amide bonds. The number of nitrogens with zero attached hydrogens (tertiary/aromatic N) is 1. The fourth-order valence-corrected chi connectivity index (χ4v) is 1.63. The molecule has 0 saturated heterocycles. The highest BCUT2D eigenvalue weighted by Gasteiger charge is 2.11. The van der Waals surface area contributed by atoms with Crippen molar-refractivity contribution in [1.82, 2.24) is 10.3 Å². The molecule has 0 aliphatic heterocycles. The number of hydrogen-bond acceptors (Lipinski definition) is 3. The van der Waals surface area contributed by atoms with E-state index in [2.05, 4.69) is 44.9 Å². The van der Waals surface area contributed by atoms with Crippen LogP contribution in [-0.2, 0) is 6.54 Å². The minimum atomic E-state index is 0.144. The van der Waals surface area contributed by atoms with Crippen LogP contribution in [0, 0.1) is 11.8 Å². The summed E-state index contributed by atoms with van der Waals surface area (Å²) in [4.78, 5) is 4.47. The second-order valence-electron chi connectivity index (χ2n) is 5.67. The van der Waals surface area contributed by atoms with Gasteiger partial charge in [-0.05, 0) is 31.4 Å². The summed E-state index contributed by atoms with van der Waals surface area (Å²) in [5, 5.41) is 4.02. The third-order valence-electron chi connectivity index (χ3n) is 2.98. The van der Waals surface area contributed by atoms with Gasteiger partial charge in [0.05, 0.1) is 16.8 Å². The smallest absolute Gasteiger partial charge is 0.213 e. The van der Waals surface area contributed by atoms with Crippen LogP contribution in [-0.4, -0.2) is 17.6 Å². The molecule has 1 atom stereocenters. The van der Waals surface area contributed by atoms with Crippen LogP contribution in [0.25, 0.3) is 0 Å². The second kappa shape index (κ2) is 7.71. The Morgan fingerprint density at radius 1 is 1.21 bits per heavy atom. The van der Waals surface area contributed by atoms with Crippen LogP contribution in [0.5, 0.6) is 5.88 Å². The summed E-state index contributed by atoms with van der Waals surface area (Å²) in [5.41, 5.74) is 0.843. The molecule has 1 heterocycles. The van der Waals surface area contributed by atoms with E-state index in [0.717, 1.165) is 12.2 Å². The number of ether oxygens (including phenoxy) is 1. The molecular formula is C15H25ClN2O. The minimum Gasteiger partial charge on any atom is -0.474 e. The summed E-state index contributed by atoms with van der Waals surface area (Å²) in [6.45, 7) is 12.3. The largest absolute Gasteiger partial charge is 0.474 e. The van der Waals surface area contributed by atoms with E-state index in [-0.39, 0.29) is 6.10 Å². The molecular weight excluding hydrogens is 260 g/mol. The molecule has 0 aliphatic rings. The lowest BCUT2D eigenvalue weighted by Crippen LogP contribution is -2.21. The Morgan fingerprint density at radius 3 is 2.47 bits per heavy atom. The quantitative estimate of drug-likeness (QED) is 0.824. The Kier molecular flexibility index (Phi) is 6.59. The summed E-state index contributed by atoms with van der Waals surface area (Å²) in [7, 11) is 0. The van der Waals surface area contributed by atoms with Crippen molar-refractivity contribution < 1.29 is 4.74 Å². The first-order valence-electron chi connectivity index (χ1n) is 6.93. The SMILES string of the molecule is CC(C)CNCc1nc(OC(C)C(C)C)ccc1Cl. The first-order chi connectivity index (χ1) is 8.90. The van der Waals surface area contributed by atoms with Crippen LogP contribution in [0.1, 0.15) is 40.3 Å². The fourth-order valence-electron chi connectivity index (χ4n) is 1.46. The number of hydrogen-bond donors (Lipinski definition) is 1. The van der Waals surface area contributed by atoms with Gasteiger partial charge in [-0.15, -0.1) is 0 Å². The van der Waals surface area contributed by atoms with E-state index in [1.165, 1.54) is 0 Å². The molecule has 3 nitrogen and oxygen atoms in total. The molecule has 1 N–H and O–H groups in total. The number of rotatable bonds is 7. The van der Waals surface area contributed by atoms with Gasteiger partial charge in [0.2, 0.25) is 5.88 Å². The van der Waals surface area contributed by atoms with Crippen LogP contribution in [0.3, 0.4) is 0 Å². The molecule has 0 radical (unpaired) electrons. The van der Waals surface area contributed by atoms with Gasteiger partial charge in [0.1, 0.15) is 0 Å². The highest BCUT2D eigenvalue weighted by atomic mass is 35.5. The van der Waals surface area contributed by atoms with Crippen molar-refractivity contribution in [2.45, 2.75) is 47.3 Å². The van der Waals surface area contributed by atoms with Crippen LogP contribution in [0.15, 0.2) is 12.1 Å². The minimum absolute atomic E-state index is 0.144. The van der Waals surface area contributed by atoms with Gasteiger partial charge in [0, 0.05) is 12.6 Å². The van der Waals surface area contributed by atoms with Gasteiger partial charge in [-0.3, -0.25) is 0 Å². The van der Waals surface area contributed by atoms with E-state index in [1.54, 1.807) is 0 Å². The molecule has 108 valence electrons. The summed E-state index contributed by atoms with van der Waals surface area (Å²) < 4.78 is 5.80. The van der Waals surface area contributed by atoms with E-state index in [9.17, 15) is 0 Å². The maximum atomic E-state index is 6.15. The predicted octanol–water partition coefficient (Wildman–Crippen LogP) is 3.90. The lowest BCUT2D eigenvalue weighted by Gasteiger charge is -2.18. The molecule has 4 heteroatoms. The van der Waals surface area contributed by atoms with Crippen molar-refractivity contribution in [2.75, 3.05) is 6.54 Å². The van der Waals surface area contributed by atoms with Crippen molar-refractivity contribution in [3.05, 3.63) is 22.8 Å². The Hall–Kier alpha value is -0.800. The van der Waals surface area contributed by atoms with Crippen molar-refractivity contribution >= 4 is 11.6 Å². The van der Waals surface area contributed by atoms with Gasteiger partial charge >= 0.3 is 0 Å². The third-order valence-corrected chi connectivity index (χ3v) is 3.33. The van der Waals surface area contributed by atoms with Crippen molar-refractivity contribution in [1.29, 1.82) is 0 Å². The van der Waals surface area contributed by atoms with Gasteiger partial charge in [0.25, 0.3) is 0 Å². The molecule has 1 unspecified atom stereocenters. The van der Waals surface area contributed by atoms with Crippen molar-refractivity contribution in [3.63, 3.8) is 0 Å². The highest BCUT2D eigenvalue weighted by molar-refractivity contribution is 6.31. The summed E-state index contributed by atoms with van der Waals surface area (Å²) >= 11 is 6.15. The third kappa shape index (κ3) is 5.79. The molecule has 1 aromatic rings. The number of pyridine rings is 1. The highest BCUT2D eigenvalue weighted by Crippen LogP contribution is 2.20. The molecule has 0 aliphatic carbocycles. The molecule has 0 bridgehead atoms. The number of nitrogens with one attached hydrogen (secondary N) is 1. The maximum Gasteiger partial charge on any atom is 0.213 e. The predicted molar refractivity (Wildman–Crippen MR) is 80.7 cm³/mol.